The molecule has 0 radical (unpaired) electrons. The highest BCUT2D eigenvalue weighted by atomic mass is 32.2. The molecular formula is C14H18N2O4S. The number of hydrogen-bond acceptors (Lipinski definition) is 4. The van der Waals surface area contributed by atoms with Gasteiger partial charge in [0.1, 0.15) is 0 Å². The first-order valence-corrected chi connectivity index (χ1v) is 8.05. The van der Waals surface area contributed by atoms with Crippen LogP contribution in [0.5, 0.6) is 0 Å². The molecule has 0 heterocycles. The van der Waals surface area contributed by atoms with Crippen molar-refractivity contribution in [3.05, 3.63) is 29.8 Å². The molecule has 0 fully saturated rings. The number of nitriles is 1. The van der Waals surface area contributed by atoms with Crippen LogP contribution in [-0.4, -0.2) is 26.0 Å². The monoisotopic (exact) mass is 310 g/mol. The quantitative estimate of drug-likeness (QED) is 0.760. The molecule has 1 atom stereocenters. The lowest BCUT2D eigenvalue weighted by molar-refractivity contribution is -0.137. The molecule has 1 aromatic carbocycles. The molecule has 1 unspecified atom stereocenters. The van der Waals surface area contributed by atoms with Gasteiger partial charge < -0.3 is 5.11 Å². The van der Waals surface area contributed by atoms with Crippen molar-refractivity contribution in [1.29, 1.82) is 5.26 Å². The van der Waals surface area contributed by atoms with Crippen molar-refractivity contribution in [3.63, 3.8) is 0 Å². The lowest BCUT2D eigenvalue weighted by Gasteiger charge is -2.11. The van der Waals surface area contributed by atoms with Crippen molar-refractivity contribution >= 4 is 16.0 Å². The Kier molecular flexibility index (Phi) is 6.34. The fraction of sp³-hybridized carbons (Fsp3) is 0.429. The van der Waals surface area contributed by atoms with E-state index in [0.717, 1.165) is 0 Å². The zero-order chi connectivity index (χ0) is 15.9. The first-order chi connectivity index (χ1) is 9.85. The molecule has 7 heteroatoms. The summed E-state index contributed by atoms with van der Waals surface area (Å²) in [7, 11) is -3.64. The summed E-state index contributed by atoms with van der Waals surface area (Å²) >= 11 is 0. The van der Waals surface area contributed by atoms with Crippen LogP contribution >= 0.6 is 0 Å². The smallest absolute Gasteiger partial charge is 0.303 e. The minimum absolute atomic E-state index is 0.0553. The first-order valence-electron chi connectivity index (χ1n) is 6.57. The van der Waals surface area contributed by atoms with Crippen LogP contribution in [0.15, 0.2) is 29.2 Å². The van der Waals surface area contributed by atoms with Crippen LogP contribution in [0.4, 0.5) is 0 Å². The number of nitrogens with zero attached hydrogens (tertiary/aromatic N) is 1. The van der Waals surface area contributed by atoms with E-state index in [4.69, 9.17) is 10.4 Å². The number of nitrogens with one attached hydrogen (secondary N) is 1. The number of carbonyl (C=O) groups is 1. The van der Waals surface area contributed by atoms with Crippen LogP contribution in [-0.2, 0) is 14.8 Å². The Morgan fingerprint density at radius 1 is 1.43 bits per heavy atom. The summed E-state index contributed by atoms with van der Waals surface area (Å²) < 4.78 is 26.5. The summed E-state index contributed by atoms with van der Waals surface area (Å²) in [5.41, 5.74) is 0.285. The fourth-order valence-electron chi connectivity index (χ4n) is 1.77. The van der Waals surface area contributed by atoms with Gasteiger partial charge in [0.05, 0.1) is 16.5 Å². The molecule has 1 aromatic rings. The van der Waals surface area contributed by atoms with Crippen LogP contribution in [0.25, 0.3) is 0 Å². The topological polar surface area (TPSA) is 107 Å². The number of carboxylic acids is 1. The molecule has 2 N–H and O–H groups in total. The third-order valence-corrected chi connectivity index (χ3v) is 4.51. The molecule has 1 rings (SSSR count). The number of rotatable bonds is 8. The molecule has 0 bridgehead atoms. The molecule has 0 saturated heterocycles. The molecule has 0 amide bonds. The summed E-state index contributed by atoms with van der Waals surface area (Å²) in [5, 5.41) is 17.3. The Morgan fingerprint density at radius 3 is 2.76 bits per heavy atom. The molecule has 0 aliphatic carbocycles. The predicted octanol–water partition coefficient (Wildman–Crippen LogP) is 1.73. The highest BCUT2D eigenvalue weighted by Crippen LogP contribution is 2.13. The SMILES string of the molecule is CC(CCNS(=O)(=O)c1cccc(C#N)c1)CCC(=O)O. The highest BCUT2D eigenvalue weighted by Gasteiger charge is 2.14. The lowest BCUT2D eigenvalue weighted by Crippen LogP contribution is -2.26. The Balaban J connectivity index is 2.53. The van der Waals surface area contributed by atoms with Crippen LogP contribution in [0.1, 0.15) is 31.7 Å². The van der Waals surface area contributed by atoms with E-state index in [9.17, 15) is 13.2 Å². The van der Waals surface area contributed by atoms with Crippen molar-refractivity contribution in [2.24, 2.45) is 5.92 Å². The zero-order valence-electron chi connectivity index (χ0n) is 11.7. The second-order valence-corrected chi connectivity index (χ2v) is 6.63. The third-order valence-electron chi connectivity index (χ3n) is 3.05. The summed E-state index contributed by atoms with van der Waals surface area (Å²) in [6, 6.07) is 7.69. The number of aliphatic carboxylic acids is 1. The molecule has 0 aromatic heterocycles. The van der Waals surface area contributed by atoms with Gasteiger partial charge in [-0.1, -0.05) is 13.0 Å². The first kappa shape index (κ1) is 17.1. The van der Waals surface area contributed by atoms with Crippen molar-refractivity contribution in [1.82, 2.24) is 4.72 Å². The number of benzene rings is 1. The van der Waals surface area contributed by atoms with E-state index in [-0.39, 0.29) is 29.3 Å². The Morgan fingerprint density at radius 2 is 2.14 bits per heavy atom. The van der Waals surface area contributed by atoms with Gasteiger partial charge in [-0.3, -0.25) is 4.79 Å². The van der Waals surface area contributed by atoms with Crippen LogP contribution in [0, 0.1) is 17.2 Å². The second kappa shape index (κ2) is 7.76. The average molecular weight is 310 g/mol. The van der Waals surface area contributed by atoms with E-state index >= 15 is 0 Å². The van der Waals surface area contributed by atoms with Gasteiger partial charge in [0.25, 0.3) is 0 Å². The Hall–Kier alpha value is -1.91. The van der Waals surface area contributed by atoms with Crippen LogP contribution in [0.2, 0.25) is 0 Å². The Labute approximate surface area is 124 Å². The van der Waals surface area contributed by atoms with E-state index in [0.29, 0.717) is 12.8 Å². The molecule has 21 heavy (non-hydrogen) atoms. The van der Waals surface area contributed by atoms with Crippen molar-refractivity contribution in [2.75, 3.05) is 6.54 Å². The van der Waals surface area contributed by atoms with Crippen LogP contribution < -0.4 is 4.72 Å². The van der Waals surface area contributed by atoms with E-state index < -0.39 is 16.0 Å². The Bertz CT molecular complexity index is 635. The third kappa shape index (κ3) is 5.94. The largest absolute Gasteiger partial charge is 0.481 e. The molecule has 0 saturated carbocycles. The maximum Gasteiger partial charge on any atom is 0.303 e. The molecule has 114 valence electrons. The van der Waals surface area contributed by atoms with Crippen LogP contribution in [0.3, 0.4) is 0 Å². The summed E-state index contributed by atoms with van der Waals surface area (Å²) in [5.74, 6) is -0.731. The van der Waals surface area contributed by atoms with Crippen molar-refractivity contribution < 1.29 is 18.3 Å². The molecule has 0 spiro atoms. The van der Waals surface area contributed by atoms with Gasteiger partial charge in [0.15, 0.2) is 0 Å². The zero-order valence-corrected chi connectivity index (χ0v) is 12.6. The summed E-state index contributed by atoms with van der Waals surface area (Å²) in [6.45, 7) is 2.12. The number of carboxylic acid groups (broad SMARTS) is 1. The van der Waals surface area contributed by atoms with Gasteiger partial charge >= 0.3 is 5.97 Å². The minimum atomic E-state index is -3.64. The standard InChI is InChI=1S/C14H18N2O4S/c1-11(5-6-14(17)18)7-8-16-21(19,20)13-4-2-3-12(9-13)10-15/h2-4,9,11,16H,5-8H2,1H3,(H,17,18). The number of sulfonamides is 1. The van der Waals surface area contributed by atoms with Crippen molar-refractivity contribution in [2.45, 2.75) is 31.1 Å². The van der Waals surface area contributed by atoms with E-state index in [1.165, 1.54) is 24.3 Å². The second-order valence-electron chi connectivity index (χ2n) is 4.86. The van der Waals surface area contributed by atoms with Gasteiger partial charge in [-0.25, -0.2) is 13.1 Å². The highest BCUT2D eigenvalue weighted by molar-refractivity contribution is 7.89. The number of hydrogen-bond donors (Lipinski definition) is 2. The molecule has 6 nitrogen and oxygen atoms in total. The maximum absolute atomic E-state index is 12.0. The summed E-state index contributed by atoms with van der Waals surface area (Å²) in [4.78, 5) is 10.5. The van der Waals surface area contributed by atoms with E-state index in [1.54, 1.807) is 0 Å². The van der Waals surface area contributed by atoms with Gasteiger partial charge in [-0.2, -0.15) is 5.26 Å². The molecular weight excluding hydrogens is 292 g/mol. The lowest BCUT2D eigenvalue weighted by atomic mass is 10.0. The van der Waals surface area contributed by atoms with E-state index in [1.807, 2.05) is 13.0 Å². The fourth-order valence-corrected chi connectivity index (χ4v) is 2.86. The predicted molar refractivity (Wildman–Crippen MR) is 77.0 cm³/mol. The maximum atomic E-state index is 12.0. The van der Waals surface area contributed by atoms with Gasteiger partial charge in [0.2, 0.25) is 10.0 Å². The van der Waals surface area contributed by atoms with Gasteiger partial charge in [0, 0.05) is 13.0 Å². The molecule has 0 aliphatic rings. The molecule has 0 aliphatic heterocycles. The summed E-state index contributed by atoms with van der Waals surface area (Å²) in [6.07, 6.45) is 1.16. The van der Waals surface area contributed by atoms with Gasteiger partial charge in [-0.15, -0.1) is 0 Å². The normalized spacial score (nSPS) is 12.6. The van der Waals surface area contributed by atoms with E-state index in [2.05, 4.69) is 4.72 Å². The van der Waals surface area contributed by atoms with Crippen molar-refractivity contribution in [3.8, 4) is 6.07 Å². The average Bonchev–Trinajstić information content (AvgIpc) is 2.45. The minimum Gasteiger partial charge on any atom is -0.481 e. The van der Waals surface area contributed by atoms with Gasteiger partial charge in [-0.05, 0) is 37.0 Å².